The van der Waals surface area contributed by atoms with Crippen LogP contribution in [0, 0.1) is 6.92 Å². The van der Waals surface area contributed by atoms with Crippen molar-refractivity contribution in [3.8, 4) is 0 Å². The van der Waals surface area contributed by atoms with Crippen molar-refractivity contribution in [3.63, 3.8) is 0 Å². The van der Waals surface area contributed by atoms with Crippen LogP contribution < -0.4 is 0 Å². The molecule has 2 heteroatoms. The van der Waals surface area contributed by atoms with Gasteiger partial charge >= 0.3 is 0 Å². The van der Waals surface area contributed by atoms with E-state index >= 15 is 0 Å². The van der Waals surface area contributed by atoms with Crippen LogP contribution in [-0.2, 0) is 9.47 Å². The van der Waals surface area contributed by atoms with Crippen molar-refractivity contribution in [3.05, 3.63) is 6.92 Å². The fourth-order valence-electron chi connectivity index (χ4n) is 1.56. The van der Waals surface area contributed by atoms with Crippen molar-refractivity contribution in [1.29, 1.82) is 0 Å². The van der Waals surface area contributed by atoms with E-state index in [-0.39, 0.29) is 6.10 Å². The van der Waals surface area contributed by atoms with Crippen molar-refractivity contribution in [1.82, 2.24) is 0 Å². The van der Waals surface area contributed by atoms with Crippen molar-refractivity contribution < 1.29 is 9.47 Å². The zero-order valence-electron chi connectivity index (χ0n) is 10.1. The van der Waals surface area contributed by atoms with E-state index in [2.05, 4.69) is 27.7 Å². The van der Waals surface area contributed by atoms with E-state index in [0.29, 0.717) is 0 Å². The van der Waals surface area contributed by atoms with Gasteiger partial charge in [-0.2, -0.15) is 0 Å². The monoisotopic (exact) mass is 201 g/mol. The Kier molecular flexibility index (Phi) is 7.20. The smallest absolute Gasteiger partial charge is 0.168 e. The van der Waals surface area contributed by atoms with Crippen LogP contribution in [-0.4, -0.2) is 18.5 Å². The topological polar surface area (TPSA) is 18.5 Å². The molecule has 0 spiro atoms. The Labute approximate surface area is 89.0 Å². The second-order valence-corrected chi connectivity index (χ2v) is 3.79. The van der Waals surface area contributed by atoms with Crippen LogP contribution in [0.3, 0.4) is 0 Å². The Morgan fingerprint density at radius 3 is 2.21 bits per heavy atom. The molecule has 0 rings (SSSR count). The highest BCUT2D eigenvalue weighted by Gasteiger charge is 2.29. The second kappa shape index (κ2) is 7.24. The van der Waals surface area contributed by atoms with E-state index in [1.54, 1.807) is 0 Å². The summed E-state index contributed by atoms with van der Waals surface area (Å²) in [5.74, 6) is -0.397. The Morgan fingerprint density at radius 2 is 1.86 bits per heavy atom. The lowest BCUT2D eigenvalue weighted by Gasteiger charge is -2.34. The molecular formula is C12H25O2. The quantitative estimate of drug-likeness (QED) is 0.559. The maximum Gasteiger partial charge on any atom is 0.168 e. The third-order valence-electron chi connectivity index (χ3n) is 2.15. The Bertz CT molecular complexity index is 134. The molecule has 0 aliphatic carbocycles. The second-order valence-electron chi connectivity index (χ2n) is 3.79. The first-order valence-electron chi connectivity index (χ1n) is 5.75. The summed E-state index contributed by atoms with van der Waals surface area (Å²) in [5.41, 5.74) is 0. The molecule has 2 nitrogen and oxygen atoms in total. The van der Waals surface area contributed by atoms with Gasteiger partial charge in [0.15, 0.2) is 5.79 Å². The molecule has 0 aromatic rings. The highest BCUT2D eigenvalue weighted by atomic mass is 16.7. The summed E-state index contributed by atoms with van der Waals surface area (Å²) < 4.78 is 11.6. The highest BCUT2D eigenvalue weighted by Crippen LogP contribution is 2.26. The first-order chi connectivity index (χ1) is 6.60. The van der Waals surface area contributed by atoms with Gasteiger partial charge in [0.25, 0.3) is 0 Å². The van der Waals surface area contributed by atoms with Crippen LogP contribution in [0.15, 0.2) is 0 Å². The van der Waals surface area contributed by atoms with Crippen molar-refractivity contribution in [2.45, 2.75) is 65.3 Å². The lowest BCUT2D eigenvalue weighted by molar-refractivity contribution is -0.254. The molecule has 0 heterocycles. The normalized spacial score (nSPS) is 15.9. The maximum absolute atomic E-state index is 5.82. The van der Waals surface area contributed by atoms with E-state index in [0.717, 1.165) is 32.3 Å². The molecule has 2 unspecified atom stereocenters. The fraction of sp³-hybridized carbons (Fsp3) is 0.917. The molecule has 0 aromatic carbocycles. The molecular weight excluding hydrogens is 176 g/mol. The third-order valence-corrected chi connectivity index (χ3v) is 2.15. The average molecular weight is 201 g/mol. The molecule has 0 aromatic heterocycles. The summed E-state index contributed by atoms with van der Waals surface area (Å²) in [5, 5.41) is 0. The molecule has 14 heavy (non-hydrogen) atoms. The Morgan fingerprint density at radius 1 is 1.21 bits per heavy atom. The van der Waals surface area contributed by atoms with E-state index in [9.17, 15) is 0 Å². The SMILES string of the molecule is [CH2]C(C)OC(CC)(CCC)OCCC. The van der Waals surface area contributed by atoms with Gasteiger partial charge in [0.2, 0.25) is 0 Å². The maximum atomic E-state index is 5.82. The van der Waals surface area contributed by atoms with Crippen LogP contribution in [0.4, 0.5) is 0 Å². The van der Waals surface area contributed by atoms with Gasteiger partial charge in [0, 0.05) is 13.0 Å². The summed E-state index contributed by atoms with van der Waals surface area (Å²) in [7, 11) is 0. The zero-order valence-corrected chi connectivity index (χ0v) is 10.1. The number of rotatable bonds is 8. The predicted octanol–water partition coefficient (Wildman–Crippen LogP) is 3.56. The first kappa shape index (κ1) is 13.9. The van der Waals surface area contributed by atoms with Crippen molar-refractivity contribution in [2.75, 3.05) is 6.61 Å². The minimum atomic E-state index is -0.397. The van der Waals surface area contributed by atoms with E-state index < -0.39 is 5.79 Å². The Hall–Kier alpha value is -0.0800. The van der Waals surface area contributed by atoms with Crippen LogP contribution in [0.2, 0.25) is 0 Å². The van der Waals surface area contributed by atoms with Crippen LogP contribution >= 0.6 is 0 Å². The number of ether oxygens (including phenoxy) is 2. The number of hydrogen-bond acceptors (Lipinski definition) is 2. The van der Waals surface area contributed by atoms with Gasteiger partial charge in [-0.3, -0.25) is 0 Å². The van der Waals surface area contributed by atoms with Gasteiger partial charge in [-0.1, -0.05) is 27.2 Å². The van der Waals surface area contributed by atoms with Gasteiger partial charge in [-0.05, 0) is 26.7 Å². The van der Waals surface area contributed by atoms with E-state index in [1.807, 2.05) is 6.92 Å². The number of hydrogen-bond donors (Lipinski definition) is 0. The zero-order chi connectivity index (χ0) is 11.0. The molecule has 0 aliphatic heterocycles. The predicted molar refractivity (Wildman–Crippen MR) is 60.1 cm³/mol. The molecule has 0 N–H and O–H groups in total. The summed E-state index contributed by atoms with van der Waals surface area (Å²) in [4.78, 5) is 0. The van der Waals surface area contributed by atoms with Gasteiger partial charge < -0.3 is 9.47 Å². The molecule has 0 saturated heterocycles. The average Bonchev–Trinajstić information content (AvgIpc) is 2.14. The first-order valence-corrected chi connectivity index (χ1v) is 5.75. The minimum Gasteiger partial charge on any atom is -0.350 e. The lowest BCUT2D eigenvalue weighted by Crippen LogP contribution is -2.38. The van der Waals surface area contributed by atoms with E-state index in [4.69, 9.17) is 9.47 Å². The molecule has 0 amide bonds. The molecule has 0 fully saturated rings. The van der Waals surface area contributed by atoms with Gasteiger partial charge in [0.1, 0.15) is 0 Å². The molecule has 0 aliphatic rings. The molecule has 0 saturated carbocycles. The van der Waals surface area contributed by atoms with Gasteiger partial charge in [-0.25, -0.2) is 0 Å². The molecule has 1 radical (unpaired) electrons. The van der Waals surface area contributed by atoms with Gasteiger partial charge in [-0.15, -0.1) is 0 Å². The standard InChI is InChI=1S/C12H25O2/c1-6-9-12(8-3,13-10-7-2)14-11(4)5/h11H,4,6-10H2,1-3,5H3. The Balaban J connectivity index is 4.26. The summed E-state index contributed by atoms with van der Waals surface area (Å²) in [6.07, 6.45) is 3.92. The van der Waals surface area contributed by atoms with E-state index in [1.165, 1.54) is 0 Å². The molecule has 0 bridgehead atoms. The minimum absolute atomic E-state index is 0.0154. The lowest BCUT2D eigenvalue weighted by atomic mass is 10.1. The van der Waals surface area contributed by atoms with Crippen molar-refractivity contribution >= 4 is 0 Å². The van der Waals surface area contributed by atoms with Crippen LogP contribution in [0.1, 0.15) is 53.4 Å². The van der Waals surface area contributed by atoms with Crippen LogP contribution in [0.5, 0.6) is 0 Å². The largest absolute Gasteiger partial charge is 0.350 e. The fourth-order valence-corrected chi connectivity index (χ4v) is 1.56. The molecule has 2 atom stereocenters. The van der Waals surface area contributed by atoms with Crippen LogP contribution in [0.25, 0.3) is 0 Å². The summed E-state index contributed by atoms with van der Waals surface area (Å²) >= 11 is 0. The van der Waals surface area contributed by atoms with Crippen molar-refractivity contribution in [2.24, 2.45) is 0 Å². The summed E-state index contributed by atoms with van der Waals surface area (Å²) in [6.45, 7) is 12.9. The highest BCUT2D eigenvalue weighted by molar-refractivity contribution is 4.70. The van der Waals surface area contributed by atoms with Gasteiger partial charge in [0.05, 0.1) is 6.10 Å². The summed E-state index contributed by atoms with van der Waals surface area (Å²) in [6, 6.07) is 0. The third kappa shape index (κ3) is 4.97. The molecule has 85 valence electrons.